The summed E-state index contributed by atoms with van der Waals surface area (Å²) in [5.41, 5.74) is -0.360. The minimum Gasteiger partial charge on any atom is -0.494 e. The average Bonchev–Trinajstić information content (AvgIpc) is 2.95. The van der Waals surface area contributed by atoms with Gasteiger partial charge in [-0.15, -0.1) is 0 Å². The van der Waals surface area contributed by atoms with Gasteiger partial charge in [-0.1, -0.05) is 24.3 Å². The van der Waals surface area contributed by atoms with E-state index >= 15 is 0 Å². The van der Waals surface area contributed by atoms with Gasteiger partial charge in [-0.2, -0.15) is 13.2 Å². The lowest BCUT2D eigenvalue weighted by Crippen LogP contribution is -2.38. The van der Waals surface area contributed by atoms with E-state index in [4.69, 9.17) is 18.9 Å². The molecule has 0 fully saturated rings. The zero-order valence-corrected chi connectivity index (χ0v) is 22.8. The van der Waals surface area contributed by atoms with Crippen molar-refractivity contribution in [3.05, 3.63) is 89.7 Å². The second-order valence-corrected chi connectivity index (χ2v) is 8.98. The third-order valence-electron chi connectivity index (χ3n) is 5.92. The molecule has 0 saturated carbocycles. The van der Waals surface area contributed by atoms with Gasteiger partial charge in [0.1, 0.15) is 29.7 Å². The van der Waals surface area contributed by atoms with Crippen LogP contribution in [0.2, 0.25) is 0 Å². The topological polar surface area (TPSA) is 94.5 Å². The molecule has 1 atom stereocenters. The number of amides is 1. The zero-order valence-electron chi connectivity index (χ0n) is 22.8. The highest BCUT2D eigenvalue weighted by atomic mass is 19.4. The molecule has 12 heteroatoms. The minimum absolute atomic E-state index is 0.00905. The Morgan fingerprint density at radius 3 is 2.12 bits per heavy atom. The molecule has 226 valence electrons. The van der Waals surface area contributed by atoms with Crippen molar-refractivity contribution in [2.24, 2.45) is 0 Å². The molecule has 0 aromatic heterocycles. The maximum Gasteiger partial charge on any atom is 0.419 e. The van der Waals surface area contributed by atoms with E-state index in [0.29, 0.717) is 17.9 Å². The first-order valence-corrected chi connectivity index (χ1v) is 13.1. The highest BCUT2D eigenvalue weighted by Crippen LogP contribution is 2.36. The predicted molar refractivity (Wildman–Crippen MR) is 144 cm³/mol. The van der Waals surface area contributed by atoms with Crippen molar-refractivity contribution in [1.82, 2.24) is 4.90 Å². The van der Waals surface area contributed by atoms with Crippen LogP contribution in [-0.2, 0) is 22.1 Å². The van der Waals surface area contributed by atoms with E-state index in [1.807, 2.05) is 0 Å². The molecule has 0 heterocycles. The highest BCUT2D eigenvalue weighted by molar-refractivity contribution is 5.73. The second kappa shape index (κ2) is 15.6. The summed E-state index contributed by atoms with van der Waals surface area (Å²) in [6.07, 6.45) is -6.22. The molecule has 1 N–H and O–H groups in total. The fourth-order valence-corrected chi connectivity index (χ4v) is 3.85. The van der Waals surface area contributed by atoms with Gasteiger partial charge in [-0.05, 0) is 67.4 Å². The maximum atomic E-state index is 13.4. The molecular weight excluding hydrogens is 562 g/mol. The lowest BCUT2D eigenvalue weighted by atomic mass is 10.1. The minimum atomic E-state index is -4.72. The number of carboxylic acids is 1. The lowest BCUT2D eigenvalue weighted by molar-refractivity contribution is -0.150. The van der Waals surface area contributed by atoms with Crippen LogP contribution in [0.15, 0.2) is 72.8 Å². The standard InChI is InChI=1S/C30H31F4NO7/c1-2-39-27(28(36)37)20-21-8-12-23(13-9-21)41-19-17-35(16-5-18-40-24-14-10-22(31)11-15-24)29(38)42-26-7-4-3-6-25(26)30(32,33)34/h3-4,6-15,27H,2,5,16-20H2,1H3,(H,36,37). The quantitative estimate of drug-likeness (QED) is 0.165. The number of carbonyl (C=O) groups is 2. The van der Waals surface area contributed by atoms with Crippen molar-refractivity contribution in [1.29, 1.82) is 0 Å². The number of carbonyl (C=O) groups excluding carboxylic acids is 1. The monoisotopic (exact) mass is 593 g/mol. The first-order valence-electron chi connectivity index (χ1n) is 13.1. The number of rotatable bonds is 15. The summed E-state index contributed by atoms with van der Waals surface area (Å²) in [5, 5.41) is 9.26. The summed E-state index contributed by atoms with van der Waals surface area (Å²) in [4.78, 5) is 25.4. The first kappa shape index (κ1) is 32.2. The van der Waals surface area contributed by atoms with Gasteiger partial charge in [-0.3, -0.25) is 0 Å². The number of aliphatic carboxylic acids is 1. The maximum absolute atomic E-state index is 13.4. The molecule has 42 heavy (non-hydrogen) atoms. The SMILES string of the molecule is CCOC(Cc1ccc(OCCN(CCCOc2ccc(F)cc2)C(=O)Oc2ccccc2C(F)(F)F)cc1)C(=O)O. The molecule has 3 aromatic carbocycles. The predicted octanol–water partition coefficient (Wildman–Crippen LogP) is 6.23. The summed E-state index contributed by atoms with van der Waals surface area (Å²) < 4.78 is 74.9. The van der Waals surface area contributed by atoms with Crippen LogP contribution in [0.1, 0.15) is 24.5 Å². The number of alkyl halides is 3. The molecule has 1 amide bonds. The van der Waals surface area contributed by atoms with Crippen LogP contribution in [0.3, 0.4) is 0 Å². The van der Waals surface area contributed by atoms with Crippen LogP contribution in [-0.4, -0.2) is 61.1 Å². The van der Waals surface area contributed by atoms with Crippen molar-refractivity contribution in [2.75, 3.05) is 32.9 Å². The van der Waals surface area contributed by atoms with Crippen molar-refractivity contribution in [3.8, 4) is 17.2 Å². The zero-order chi connectivity index (χ0) is 30.5. The lowest BCUT2D eigenvalue weighted by Gasteiger charge is -2.23. The average molecular weight is 594 g/mol. The molecule has 0 radical (unpaired) electrons. The van der Waals surface area contributed by atoms with Gasteiger partial charge in [0.25, 0.3) is 0 Å². The Kier molecular flexibility index (Phi) is 12.0. The molecule has 0 aliphatic rings. The first-order chi connectivity index (χ1) is 20.1. The van der Waals surface area contributed by atoms with Gasteiger partial charge in [0.2, 0.25) is 0 Å². The normalized spacial score (nSPS) is 11.9. The van der Waals surface area contributed by atoms with Crippen LogP contribution < -0.4 is 14.2 Å². The summed E-state index contributed by atoms with van der Waals surface area (Å²) in [7, 11) is 0. The van der Waals surface area contributed by atoms with Crippen LogP contribution >= 0.6 is 0 Å². The van der Waals surface area contributed by atoms with Crippen LogP contribution in [0.4, 0.5) is 22.4 Å². The molecular formula is C30H31F4NO7. The van der Waals surface area contributed by atoms with Gasteiger partial charge in [0, 0.05) is 19.6 Å². The molecule has 3 rings (SSSR count). The number of benzene rings is 3. The van der Waals surface area contributed by atoms with Gasteiger partial charge in [-0.25, -0.2) is 14.0 Å². The number of halogens is 4. The highest BCUT2D eigenvalue weighted by Gasteiger charge is 2.35. The van der Waals surface area contributed by atoms with Crippen molar-refractivity contribution in [2.45, 2.75) is 32.0 Å². The Morgan fingerprint density at radius 2 is 1.50 bits per heavy atom. The summed E-state index contributed by atoms with van der Waals surface area (Å²) in [5.74, 6) is -1.24. The molecule has 0 aliphatic carbocycles. The molecule has 0 saturated heterocycles. The van der Waals surface area contributed by atoms with Gasteiger partial charge in [0.05, 0.1) is 18.7 Å². The number of nitrogens with zero attached hydrogens (tertiary/aromatic N) is 1. The van der Waals surface area contributed by atoms with E-state index in [2.05, 4.69) is 0 Å². The van der Waals surface area contributed by atoms with Crippen molar-refractivity contribution < 1.29 is 51.2 Å². The van der Waals surface area contributed by atoms with E-state index in [0.717, 1.165) is 17.7 Å². The third-order valence-corrected chi connectivity index (χ3v) is 5.92. The summed E-state index contributed by atoms with van der Waals surface area (Å²) >= 11 is 0. The van der Waals surface area contributed by atoms with Crippen LogP contribution in [0.5, 0.6) is 17.2 Å². The fourth-order valence-electron chi connectivity index (χ4n) is 3.85. The van der Waals surface area contributed by atoms with E-state index in [1.54, 1.807) is 31.2 Å². The Labute approximate surface area is 240 Å². The Balaban J connectivity index is 1.61. The Bertz CT molecular complexity index is 1280. The number of carboxylic acid groups (broad SMARTS) is 1. The van der Waals surface area contributed by atoms with E-state index in [9.17, 15) is 32.3 Å². The van der Waals surface area contributed by atoms with Gasteiger partial charge < -0.3 is 29.0 Å². The van der Waals surface area contributed by atoms with E-state index in [-0.39, 0.29) is 39.3 Å². The third kappa shape index (κ3) is 10.3. The Morgan fingerprint density at radius 1 is 0.881 bits per heavy atom. The van der Waals surface area contributed by atoms with Gasteiger partial charge in [0.15, 0.2) is 6.10 Å². The number of hydrogen-bond acceptors (Lipinski definition) is 6. The summed E-state index contributed by atoms with van der Waals surface area (Å²) in [6.45, 7) is 2.17. The van der Waals surface area contributed by atoms with E-state index in [1.165, 1.54) is 41.3 Å². The number of ether oxygens (including phenoxy) is 4. The largest absolute Gasteiger partial charge is 0.494 e. The Hall–Kier alpha value is -4.32. The fraction of sp³-hybridized carbons (Fsp3) is 0.333. The van der Waals surface area contributed by atoms with E-state index < -0.39 is 41.5 Å². The number of para-hydroxylation sites is 1. The smallest absolute Gasteiger partial charge is 0.419 e. The number of hydrogen-bond donors (Lipinski definition) is 1. The van der Waals surface area contributed by atoms with Crippen LogP contribution in [0.25, 0.3) is 0 Å². The van der Waals surface area contributed by atoms with Crippen molar-refractivity contribution >= 4 is 12.1 Å². The summed E-state index contributed by atoms with van der Waals surface area (Å²) in [6, 6.07) is 16.5. The second-order valence-electron chi connectivity index (χ2n) is 8.98. The molecule has 8 nitrogen and oxygen atoms in total. The molecule has 0 spiro atoms. The van der Waals surface area contributed by atoms with Crippen LogP contribution in [0, 0.1) is 5.82 Å². The van der Waals surface area contributed by atoms with Crippen molar-refractivity contribution in [3.63, 3.8) is 0 Å². The van der Waals surface area contributed by atoms with Gasteiger partial charge >= 0.3 is 18.2 Å². The molecule has 3 aromatic rings. The molecule has 0 aliphatic heterocycles. The molecule has 0 bridgehead atoms. The molecule has 1 unspecified atom stereocenters.